The molecule has 2 N–H and O–H groups in total. The Labute approximate surface area is 82.5 Å². The second kappa shape index (κ2) is 5.39. The lowest BCUT2D eigenvalue weighted by Crippen LogP contribution is -2.21. The maximum absolute atomic E-state index is 11.0. The van der Waals surface area contributed by atoms with E-state index in [-0.39, 0.29) is 5.56 Å². The van der Waals surface area contributed by atoms with E-state index < -0.39 is 0 Å². The maximum atomic E-state index is 11.0. The zero-order chi connectivity index (χ0) is 10.4. The number of hydrogen-bond acceptors (Lipinski definition) is 4. The van der Waals surface area contributed by atoms with E-state index in [1.807, 2.05) is 6.92 Å². The van der Waals surface area contributed by atoms with E-state index in [2.05, 4.69) is 15.3 Å². The summed E-state index contributed by atoms with van der Waals surface area (Å²) in [6.07, 6.45) is 0. The first-order valence-electron chi connectivity index (χ1n) is 4.64. The van der Waals surface area contributed by atoms with Gasteiger partial charge in [-0.25, -0.2) is 4.98 Å². The summed E-state index contributed by atoms with van der Waals surface area (Å²) in [5.74, 6) is 0.945. The molecular formula is C9H15N3O2. The van der Waals surface area contributed by atoms with Crippen molar-refractivity contribution in [1.82, 2.24) is 15.3 Å². The van der Waals surface area contributed by atoms with Gasteiger partial charge < -0.3 is 15.0 Å². The van der Waals surface area contributed by atoms with Crippen LogP contribution in [0.3, 0.4) is 0 Å². The van der Waals surface area contributed by atoms with Crippen molar-refractivity contribution in [3.63, 3.8) is 0 Å². The van der Waals surface area contributed by atoms with Gasteiger partial charge in [0.2, 0.25) is 5.88 Å². The monoisotopic (exact) mass is 197 g/mol. The Morgan fingerprint density at radius 1 is 1.64 bits per heavy atom. The van der Waals surface area contributed by atoms with Gasteiger partial charge in [0, 0.05) is 6.54 Å². The van der Waals surface area contributed by atoms with Crippen LogP contribution < -0.4 is 15.6 Å². The number of rotatable bonds is 5. The van der Waals surface area contributed by atoms with Crippen molar-refractivity contribution >= 4 is 0 Å². The number of aromatic amines is 1. The molecule has 1 aromatic heterocycles. The van der Waals surface area contributed by atoms with Crippen LogP contribution >= 0.6 is 0 Å². The smallest absolute Gasteiger partial charge is 0.254 e. The summed E-state index contributed by atoms with van der Waals surface area (Å²) < 4.78 is 5.28. The number of H-pyrrole nitrogens is 1. The molecule has 1 aromatic rings. The van der Waals surface area contributed by atoms with Crippen LogP contribution in [0.5, 0.6) is 5.88 Å². The molecule has 0 aliphatic rings. The summed E-state index contributed by atoms with van der Waals surface area (Å²) in [7, 11) is 0. The summed E-state index contributed by atoms with van der Waals surface area (Å²) in [5, 5.41) is 3.11. The number of hydrogen-bond donors (Lipinski definition) is 2. The first kappa shape index (κ1) is 10.7. The molecule has 0 spiro atoms. The third-order valence-electron chi connectivity index (χ3n) is 1.62. The van der Waals surface area contributed by atoms with Crippen molar-refractivity contribution in [3.8, 4) is 5.88 Å². The molecule has 1 heterocycles. The fourth-order valence-corrected chi connectivity index (χ4v) is 1.03. The zero-order valence-electron chi connectivity index (χ0n) is 8.46. The third kappa shape index (κ3) is 3.57. The Bertz CT molecular complexity index is 335. The van der Waals surface area contributed by atoms with E-state index in [0.29, 0.717) is 18.3 Å². The van der Waals surface area contributed by atoms with Gasteiger partial charge in [0.1, 0.15) is 12.4 Å². The molecule has 0 atom stereocenters. The van der Waals surface area contributed by atoms with Crippen LogP contribution in [0.1, 0.15) is 12.7 Å². The SMILES string of the molecule is CCNCCOc1cc(=O)[nH]c(C)n1. The first-order valence-corrected chi connectivity index (χ1v) is 4.64. The largest absolute Gasteiger partial charge is 0.476 e. The summed E-state index contributed by atoms with van der Waals surface area (Å²) in [4.78, 5) is 17.6. The minimum atomic E-state index is -0.184. The predicted molar refractivity (Wildman–Crippen MR) is 53.6 cm³/mol. The first-order chi connectivity index (χ1) is 6.72. The van der Waals surface area contributed by atoms with Crippen LogP contribution in [0.4, 0.5) is 0 Å². The number of nitrogens with one attached hydrogen (secondary N) is 2. The van der Waals surface area contributed by atoms with Gasteiger partial charge in [-0.2, -0.15) is 0 Å². The molecule has 0 aromatic carbocycles. The second-order valence-corrected chi connectivity index (χ2v) is 2.87. The Balaban J connectivity index is 2.46. The molecule has 0 radical (unpaired) electrons. The highest BCUT2D eigenvalue weighted by atomic mass is 16.5. The standard InChI is InChI=1S/C9H15N3O2/c1-3-10-4-5-14-9-6-8(13)11-7(2)12-9/h6,10H,3-5H2,1-2H3,(H,11,12,13). The molecule has 14 heavy (non-hydrogen) atoms. The topological polar surface area (TPSA) is 67.0 Å². The number of nitrogens with zero attached hydrogens (tertiary/aromatic N) is 1. The quantitative estimate of drug-likeness (QED) is 0.655. The van der Waals surface area contributed by atoms with Crippen molar-refractivity contribution in [2.45, 2.75) is 13.8 Å². The number of likely N-dealkylation sites (N-methyl/N-ethyl adjacent to an activating group) is 1. The fourth-order valence-electron chi connectivity index (χ4n) is 1.03. The highest BCUT2D eigenvalue weighted by Crippen LogP contribution is 2.00. The Kier molecular flexibility index (Phi) is 4.12. The summed E-state index contributed by atoms with van der Waals surface area (Å²) in [5.41, 5.74) is -0.184. The number of aryl methyl sites for hydroxylation is 1. The van der Waals surface area contributed by atoms with Crippen LogP contribution in [-0.2, 0) is 0 Å². The van der Waals surface area contributed by atoms with Crippen LogP contribution in [0.25, 0.3) is 0 Å². The average Bonchev–Trinajstić information content (AvgIpc) is 2.11. The van der Waals surface area contributed by atoms with E-state index >= 15 is 0 Å². The molecule has 0 unspecified atom stereocenters. The van der Waals surface area contributed by atoms with E-state index in [1.165, 1.54) is 6.07 Å². The molecule has 0 saturated carbocycles. The molecule has 0 aliphatic heterocycles. The average molecular weight is 197 g/mol. The minimum absolute atomic E-state index is 0.184. The van der Waals surface area contributed by atoms with Gasteiger partial charge >= 0.3 is 0 Å². The van der Waals surface area contributed by atoms with Crippen molar-refractivity contribution in [3.05, 3.63) is 22.2 Å². The second-order valence-electron chi connectivity index (χ2n) is 2.87. The minimum Gasteiger partial charge on any atom is -0.476 e. The van der Waals surface area contributed by atoms with Gasteiger partial charge in [0.05, 0.1) is 6.07 Å². The molecule has 5 heteroatoms. The molecule has 1 rings (SSSR count). The summed E-state index contributed by atoms with van der Waals surface area (Å²) >= 11 is 0. The van der Waals surface area contributed by atoms with Crippen molar-refractivity contribution < 1.29 is 4.74 Å². The van der Waals surface area contributed by atoms with E-state index in [0.717, 1.165) is 13.1 Å². The predicted octanol–water partition coefficient (Wildman–Crippen LogP) is 0.0666. The van der Waals surface area contributed by atoms with E-state index in [4.69, 9.17) is 4.74 Å². The normalized spacial score (nSPS) is 10.1. The van der Waals surface area contributed by atoms with E-state index in [9.17, 15) is 4.79 Å². The fraction of sp³-hybridized carbons (Fsp3) is 0.556. The van der Waals surface area contributed by atoms with Gasteiger partial charge in [-0.3, -0.25) is 4.79 Å². The van der Waals surface area contributed by atoms with Crippen LogP contribution in [0.2, 0.25) is 0 Å². The number of aromatic nitrogens is 2. The van der Waals surface area contributed by atoms with Gasteiger partial charge in [0.25, 0.3) is 5.56 Å². The molecule has 78 valence electrons. The zero-order valence-corrected chi connectivity index (χ0v) is 8.46. The molecule has 0 bridgehead atoms. The Hall–Kier alpha value is -1.36. The van der Waals surface area contributed by atoms with Crippen molar-refractivity contribution in [2.24, 2.45) is 0 Å². The molecule has 0 aliphatic carbocycles. The van der Waals surface area contributed by atoms with Gasteiger partial charge in [-0.05, 0) is 13.5 Å². The molecule has 0 amide bonds. The van der Waals surface area contributed by atoms with Crippen LogP contribution in [0.15, 0.2) is 10.9 Å². The molecule has 0 fully saturated rings. The highest BCUT2D eigenvalue weighted by Gasteiger charge is 1.97. The summed E-state index contributed by atoms with van der Waals surface area (Å²) in [6, 6.07) is 1.35. The lowest BCUT2D eigenvalue weighted by molar-refractivity contribution is 0.302. The van der Waals surface area contributed by atoms with E-state index in [1.54, 1.807) is 6.92 Å². The molecular weight excluding hydrogens is 182 g/mol. The molecule has 5 nitrogen and oxygen atoms in total. The number of ether oxygens (including phenoxy) is 1. The van der Waals surface area contributed by atoms with Crippen molar-refractivity contribution in [1.29, 1.82) is 0 Å². The van der Waals surface area contributed by atoms with Crippen LogP contribution in [0, 0.1) is 6.92 Å². The molecule has 0 saturated heterocycles. The highest BCUT2D eigenvalue weighted by molar-refractivity contribution is 5.07. The third-order valence-corrected chi connectivity index (χ3v) is 1.62. The lowest BCUT2D eigenvalue weighted by atomic mass is 10.5. The summed E-state index contributed by atoms with van der Waals surface area (Å²) in [6.45, 7) is 5.92. The maximum Gasteiger partial charge on any atom is 0.254 e. The van der Waals surface area contributed by atoms with Gasteiger partial charge in [0.15, 0.2) is 0 Å². The Morgan fingerprint density at radius 3 is 3.07 bits per heavy atom. The van der Waals surface area contributed by atoms with Gasteiger partial charge in [-0.1, -0.05) is 6.92 Å². The van der Waals surface area contributed by atoms with Crippen molar-refractivity contribution in [2.75, 3.05) is 19.7 Å². The van der Waals surface area contributed by atoms with Gasteiger partial charge in [-0.15, -0.1) is 0 Å². The Morgan fingerprint density at radius 2 is 2.43 bits per heavy atom. The van der Waals surface area contributed by atoms with Crippen LogP contribution in [-0.4, -0.2) is 29.7 Å². The lowest BCUT2D eigenvalue weighted by Gasteiger charge is -2.05.